The second-order valence-electron chi connectivity index (χ2n) is 31.7. The number of halogens is 2. The Kier molecular flexibility index (Phi) is 25.2. The number of carbonyl (C=O) groups excluding carboxylic acids is 7. The molecule has 8 N–H and O–H groups in total. The molecule has 4 aromatic rings. The lowest BCUT2D eigenvalue weighted by Crippen LogP contribution is -2.66. The number of fused-ring (bicyclic) bond motifs is 1. The quantitative estimate of drug-likeness (QED) is 0.0310. The van der Waals surface area contributed by atoms with Crippen LogP contribution in [0.5, 0.6) is 0 Å². The maximum atomic E-state index is 15.8. The third-order valence-electron chi connectivity index (χ3n) is 23.5. The number of hydrogen-bond acceptors (Lipinski definition) is 17. The summed E-state index contributed by atoms with van der Waals surface area (Å²) < 4.78 is 37.4. The number of ether oxygens (including phenoxy) is 1. The van der Waals surface area contributed by atoms with E-state index in [1.807, 2.05) is 42.5 Å². The molecule has 7 fully saturated rings. The van der Waals surface area contributed by atoms with Gasteiger partial charge >= 0.3 is 0 Å². The molecule has 12 rings (SSSR count). The molecule has 26 heteroatoms. The van der Waals surface area contributed by atoms with Crippen LogP contribution in [0.3, 0.4) is 0 Å². The van der Waals surface area contributed by atoms with Crippen molar-refractivity contribution in [2.75, 3.05) is 127 Å². The number of nitrogens with zero attached hydrogens (tertiary/aromatic N) is 8. The maximum absolute atomic E-state index is 15.8. The van der Waals surface area contributed by atoms with Crippen LogP contribution in [-0.4, -0.2) is 213 Å². The van der Waals surface area contributed by atoms with E-state index in [0.717, 1.165) is 145 Å². The monoisotopic (exact) mass is 1440 g/mol. The Morgan fingerprint density at radius 1 is 0.721 bits per heavy atom. The summed E-state index contributed by atoms with van der Waals surface area (Å²) in [6.45, 7) is 16.6. The number of likely N-dealkylation sites (tertiary alicyclic amines) is 4. The number of aromatic nitrogens is 2. The zero-order valence-corrected chi connectivity index (χ0v) is 61.4. The van der Waals surface area contributed by atoms with E-state index in [0.29, 0.717) is 89.8 Å². The summed E-state index contributed by atoms with van der Waals surface area (Å²) >= 11 is 0. The van der Waals surface area contributed by atoms with Crippen LogP contribution in [0.15, 0.2) is 73.1 Å². The first-order valence-corrected chi connectivity index (χ1v) is 38.3. The summed E-state index contributed by atoms with van der Waals surface area (Å²) in [6.07, 6.45) is 14.1. The van der Waals surface area contributed by atoms with Crippen LogP contribution >= 0.6 is 0 Å². The number of piperidine rings is 2. The fourth-order valence-electron chi connectivity index (χ4n) is 17.1. The van der Waals surface area contributed by atoms with Gasteiger partial charge < -0.3 is 66.9 Å². The molecule has 1 saturated carbocycles. The van der Waals surface area contributed by atoms with Gasteiger partial charge in [-0.1, -0.05) is 81.6 Å². The molecule has 2 spiro atoms. The van der Waals surface area contributed by atoms with Crippen molar-refractivity contribution in [2.24, 2.45) is 16.7 Å². The lowest BCUT2D eigenvalue weighted by molar-refractivity contribution is -0.143. The van der Waals surface area contributed by atoms with E-state index in [2.05, 4.69) is 98.1 Å². The predicted molar refractivity (Wildman–Crippen MR) is 394 cm³/mol. The van der Waals surface area contributed by atoms with Crippen LogP contribution in [-0.2, 0) is 64.4 Å². The van der Waals surface area contributed by atoms with Crippen molar-refractivity contribution in [3.8, 4) is 0 Å². The standard InChI is InChI=1S/C78H110F2N16O8/c1-53(81-4)73(101)89-72(57-15-6-5-7-16-57)75(103)96-46-59(40-65(96)74(102)88-63-19-11-17-56-14-8-9-18-60(56)63)87-69(98)21-20-68(97)82-28-36-104-37-35-92-31-24-77(49-92)25-32-93(50-77)47-70(99)84-44-55-13-10-12-54(38-55)43-83-66-42-67(86-52-85-66)94-33-26-78(27-34-94)51-95(48-71(100)90-78)64-41-61(79)58(39-62(64)80)45-91-29-22-76(2,3)23-30-91/h8-10,12-14,18,38-39,41-42,52-53,57,59,63,65,72,81H,5-7,11,15-17,19-37,40,43-51H2,1-4H3,(H,82,97)(H,84,99)(H,87,98)(H,88,102)(H,89,101)(H,90,100)(H,83,85,86)/t53-,59-,63-,65-,72-,77-/m0/s1. The fourth-order valence-corrected chi connectivity index (χ4v) is 17.1. The Morgan fingerprint density at radius 2 is 1.46 bits per heavy atom. The first-order valence-electron chi connectivity index (χ1n) is 38.3. The highest BCUT2D eigenvalue weighted by molar-refractivity contribution is 5.94. The Hall–Kier alpha value is -7.91. The van der Waals surface area contributed by atoms with E-state index < -0.39 is 41.3 Å². The van der Waals surface area contributed by atoms with Crippen molar-refractivity contribution in [2.45, 2.75) is 185 Å². The molecule has 7 heterocycles. The van der Waals surface area contributed by atoms with Crippen LogP contribution in [0.25, 0.3) is 0 Å². The highest BCUT2D eigenvalue weighted by Gasteiger charge is 2.47. The molecule has 24 nitrogen and oxygen atoms in total. The first-order chi connectivity index (χ1) is 50.2. The summed E-state index contributed by atoms with van der Waals surface area (Å²) in [6, 6.07) is 17.8. The van der Waals surface area contributed by atoms with Crippen LogP contribution in [0.4, 0.5) is 26.1 Å². The number of anilines is 3. The van der Waals surface area contributed by atoms with Gasteiger partial charge in [0, 0.05) is 109 Å². The van der Waals surface area contributed by atoms with Crippen molar-refractivity contribution < 1.29 is 47.1 Å². The van der Waals surface area contributed by atoms with E-state index in [1.54, 1.807) is 23.8 Å². The predicted octanol–water partition coefficient (Wildman–Crippen LogP) is 5.84. The molecule has 6 aliphatic heterocycles. The lowest BCUT2D eigenvalue weighted by atomic mass is 9.82. The van der Waals surface area contributed by atoms with Crippen LogP contribution in [0.1, 0.15) is 157 Å². The highest BCUT2D eigenvalue weighted by Crippen LogP contribution is 2.40. The highest BCUT2D eigenvalue weighted by atomic mass is 19.1. The van der Waals surface area contributed by atoms with Crippen molar-refractivity contribution in [3.63, 3.8) is 0 Å². The summed E-state index contributed by atoms with van der Waals surface area (Å²) in [7, 11) is 1.70. The van der Waals surface area contributed by atoms with Gasteiger partial charge in [0.25, 0.3) is 0 Å². The Labute approximate surface area is 611 Å². The van der Waals surface area contributed by atoms with E-state index in [-0.39, 0.29) is 102 Å². The minimum absolute atomic E-state index is 0.0171. The number of aryl methyl sites for hydroxylation is 1. The minimum Gasteiger partial charge on any atom is -0.378 e. The number of benzene rings is 3. The van der Waals surface area contributed by atoms with Gasteiger partial charge in [-0.3, -0.25) is 43.4 Å². The molecule has 8 aliphatic rings. The zero-order valence-electron chi connectivity index (χ0n) is 61.4. The number of piperazine rings is 1. The number of nitrogens with one attached hydrogen (secondary N) is 8. The van der Waals surface area contributed by atoms with E-state index in [9.17, 15) is 33.6 Å². The van der Waals surface area contributed by atoms with Crippen molar-refractivity contribution in [1.29, 1.82) is 0 Å². The molecule has 1 aromatic heterocycles. The largest absolute Gasteiger partial charge is 0.378 e. The molecule has 2 aliphatic carbocycles. The average Bonchev–Trinajstić information content (AvgIpc) is 1.05. The Balaban J connectivity index is 0.522. The van der Waals surface area contributed by atoms with E-state index in [1.165, 1.54) is 24.0 Å². The van der Waals surface area contributed by atoms with Gasteiger partial charge in [-0.2, -0.15) is 0 Å². The van der Waals surface area contributed by atoms with E-state index in [4.69, 9.17) is 4.74 Å². The second kappa shape index (κ2) is 34.6. The SMILES string of the molecule is CN[C@@H](C)C(=O)N[C@H](C(=O)N1C[C@@H](NC(=O)CCC(=O)NCCOCCN2CC[C@]3(CCN(CC(=O)NCc4cccc(CNc5cc(N6CCC7(CC6)CN(c6cc(F)c(CN8CCC(C)(C)CC8)cc6F)CC(=O)N7)ncn5)c4)C3)C2)C[C@H]1C(=O)N[C@H]1CCCc2ccccc21)C1CCCCC1. The molecule has 104 heavy (non-hydrogen) atoms. The fraction of sp³-hybridized carbons (Fsp3) is 0.628. The molecule has 6 atom stereocenters. The van der Waals surface area contributed by atoms with Crippen LogP contribution in [0.2, 0.25) is 0 Å². The second-order valence-corrected chi connectivity index (χ2v) is 31.7. The molecule has 0 radical (unpaired) electrons. The van der Waals surface area contributed by atoms with Crippen molar-refractivity contribution in [1.82, 2.24) is 66.8 Å². The number of rotatable bonds is 28. The third-order valence-corrected chi connectivity index (χ3v) is 23.5. The van der Waals surface area contributed by atoms with Gasteiger partial charge in [-0.05, 0) is 162 Å². The van der Waals surface area contributed by atoms with Gasteiger partial charge in [0.05, 0.1) is 49.6 Å². The van der Waals surface area contributed by atoms with Gasteiger partial charge in [0.2, 0.25) is 41.4 Å². The molecular formula is C78H110F2N16O8. The van der Waals surface area contributed by atoms with Crippen LogP contribution in [0, 0.1) is 28.4 Å². The molecule has 3 aromatic carbocycles. The maximum Gasteiger partial charge on any atom is 0.246 e. The minimum atomic E-state index is -0.863. The summed E-state index contributed by atoms with van der Waals surface area (Å²) in [5.41, 5.74) is 4.53. The number of amides is 7. The Bertz CT molecular complexity index is 3670. The number of likely N-dealkylation sites (N-methyl/N-ethyl adjacent to an activating group) is 1. The summed E-state index contributed by atoms with van der Waals surface area (Å²) in [4.78, 5) is 117. The normalized spacial score (nSPS) is 23.5. The molecule has 0 unspecified atom stereocenters. The topological polar surface area (TPSA) is 270 Å². The lowest BCUT2D eigenvalue weighted by Gasteiger charge is -2.48. The zero-order chi connectivity index (χ0) is 73.0. The third kappa shape index (κ3) is 19.8. The Morgan fingerprint density at radius 3 is 2.25 bits per heavy atom. The molecule has 7 amide bonds. The molecule has 0 bridgehead atoms. The van der Waals surface area contributed by atoms with E-state index >= 15 is 8.78 Å². The van der Waals surface area contributed by atoms with Gasteiger partial charge in [0.1, 0.15) is 41.7 Å². The number of carbonyl (C=O) groups is 7. The molecular weight excluding hydrogens is 1330 g/mol. The molecule has 564 valence electrons. The van der Waals surface area contributed by atoms with Crippen molar-refractivity contribution >= 4 is 58.7 Å². The van der Waals surface area contributed by atoms with Gasteiger partial charge in [-0.15, -0.1) is 0 Å². The first kappa shape index (κ1) is 75.8. The average molecular weight is 1440 g/mol. The van der Waals surface area contributed by atoms with Gasteiger partial charge in [0.15, 0.2) is 0 Å². The number of hydrogen-bond donors (Lipinski definition) is 8. The molecule has 6 saturated heterocycles. The van der Waals surface area contributed by atoms with Gasteiger partial charge in [-0.25, -0.2) is 18.7 Å². The summed E-state index contributed by atoms with van der Waals surface area (Å²) in [5, 5.41) is 25.0. The van der Waals surface area contributed by atoms with Crippen molar-refractivity contribution in [3.05, 3.63) is 113 Å². The van der Waals surface area contributed by atoms with Crippen LogP contribution < -0.4 is 52.3 Å². The summed E-state index contributed by atoms with van der Waals surface area (Å²) in [5.74, 6) is -1.37. The smallest absolute Gasteiger partial charge is 0.246 e.